The third-order valence-corrected chi connectivity index (χ3v) is 1.59. The zero-order valence-electron chi connectivity index (χ0n) is 5.35. The van der Waals surface area contributed by atoms with E-state index in [0.717, 1.165) is 10.6 Å². The van der Waals surface area contributed by atoms with Crippen LogP contribution in [0.25, 0.3) is 0 Å². The van der Waals surface area contributed by atoms with Crippen LogP contribution >= 0.6 is 23.2 Å². The third-order valence-electron chi connectivity index (χ3n) is 1.18. The predicted molar refractivity (Wildman–Crippen MR) is 45.6 cm³/mol. The van der Waals surface area contributed by atoms with E-state index in [1.54, 1.807) is 0 Å². The first kappa shape index (κ1) is 7.90. The number of alkyl halides is 1. The Kier molecular flexibility index (Phi) is 3.04. The highest BCUT2D eigenvalue weighted by molar-refractivity contribution is 6.30. The van der Waals surface area contributed by atoms with Gasteiger partial charge in [0.2, 0.25) is 0 Å². The molecule has 0 amide bonds. The van der Waals surface area contributed by atoms with Gasteiger partial charge in [-0.15, -0.1) is 11.6 Å². The molecule has 0 aliphatic heterocycles. The second kappa shape index (κ2) is 3.85. The maximum absolute atomic E-state index is 5.66. The Hall–Kier alpha value is -0.200. The average Bonchev–Trinajstić information content (AvgIpc) is 1.95. The van der Waals surface area contributed by atoms with E-state index in [9.17, 15) is 0 Å². The topological polar surface area (TPSA) is 0 Å². The van der Waals surface area contributed by atoms with Crippen LogP contribution in [0.1, 0.15) is 5.56 Å². The summed E-state index contributed by atoms with van der Waals surface area (Å²) in [5.74, 6) is 0.543. The molecule has 0 bridgehead atoms. The summed E-state index contributed by atoms with van der Waals surface area (Å²) in [5.41, 5.74) is 1.11. The monoisotopic (exact) mass is 173 g/mol. The van der Waals surface area contributed by atoms with Gasteiger partial charge in [-0.2, -0.15) is 0 Å². The Morgan fingerprint density at radius 3 is 2.30 bits per heavy atom. The summed E-state index contributed by atoms with van der Waals surface area (Å²) in [5, 5.41) is 0.756. The maximum atomic E-state index is 5.66. The van der Waals surface area contributed by atoms with E-state index in [0.29, 0.717) is 5.88 Å². The zero-order valence-corrected chi connectivity index (χ0v) is 6.86. The van der Waals surface area contributed by atoms with Crippen LogP contribution in [0.15, 0.2) is 24.3 Å². The van der Waals surface area contributed by atoms with Crippen LogP contribution in [0.3, 0.4) is 0 Å². The molecule has 0 nitrogen and oxygen atoms in total. The van der Waals surface area contributed by atoms with Crippen LogP contribution in [0.2, 0.25) is 5.02 Å². The lowest BCUT2D eigenvalue weighted by atomic mass is 10.2. The molecule has 0 aromatic heterocycles. The van der Waals surface area contributed by atoms with E-state index in [2.05, 4.69) is 0 Å². The fourth-order valence-corrected chi connectivity index (χ4v) is 0.992. The molecule has 0 aliphatic rings. The molecule has 0 fully saturated rings. The minimum Gasteiger partial charge on any atom is -0.126 e. The number of halogens is 2. The van der Waals surface area contributed by atoms with Crippen molar-refractivity contribution < 1.29 is 0 Å². The van der Waals surface area contributed by atoms with E-state index < -0.39 is 0 Å². The first-order chi connectivity index (χ1) is 4.83. The molecule has 1 rings (SSSR count). The quantitative estimate of drug-likeness (QED) is 0.604. The summed E-state index contributed by atoms with van der Waals surface area (Å²) in [6.45, 7) is 0. The lowest BCUT2D eigenvalue weighted by molar-refractivity contribution is 1.43. The Labute approximate surface area is 70.8 Å². The van der Waals surface area contributed by atoms with Crippen LogP contribution in [0.4, 0.5) is 0 Å². The molecule has 10 heavy (non-hydrogen) atoms. The number of hydrogen-bond acceptors (Lipinski definition) is 0. The van der Waals surface area contributed by atoms with Gasteiger partial charge in [0.1, 0.15) is 0 Å². The molecule has 1 aromatic carbocycles. The van der Waals surface area contributed by atoms with Crippen LogP contribution in [0, 0.1) is 6.42 Å². The van der Waals surface area contributed by atoms with Gasteiger partial charge in [0, 0.05) is 17.3 Å². The molecule has 53 valence electrons. The van der Waals surface area contributed by atoms with Crippen LogP contribution in [0.5, 0.6) is 0 Å². The highest BCUT2D eigenvalue weighted by Gasteiger charge is 1.90. The highest BCUT2D eigenvalue weighted by Crippen LogP contribution is 2.10. The van der Waals surface area contributed by atoms with Gasteiger partial charge in [-0.1, -0.05) is 23.7 Å². The molecule has 2 heteroatoms. The molecule has 0 heterocycles. The number of benzene rings is 1. The molecule has 1 aromatic rings. The lowest BCUT2D eigenvalue weighted by Crippen LogP contribution is -1.80. The van der Waals surface area contributed by atoms with Crippen molar-refractivity contribution in [2.24, 2.45) is 0 Å². The van der Waals surface area contributed by atoms with E-state index >= 15 is 0 Å². The minimum absolute atomic E-state index is 0.543. The Balaban J connectivity index is 2.69. The Morgan fingerprint density at radius 2 is 1.80 bits per heavy atom. The molecule has 0 aliphatic carbocycles. The van der Waals surface area contributed by atoms with Gasteiger partial charge in [-0.05, 0) is 17.7 Å². The summed E-state index contributed by atoms with van der Waals surface area (Å²) in [7, 11) is 0. The summed E-state index contributed by atoms with van der Waals surface area (Å²) in [6.07, 6.45) is 1.93. The van der Waals surface area contributed by atoms with Gasteiger partial charge < -0.3 is 0 Å². The van der Waals surface area contributed by atoms with Gasteiger partial charge in [0.15, 0.2) is 0 Å². The standard InChI is InChI=1S/C8H7Cl2/c9-6-5-7-1-3-8(10)4-2-7/h1-5H,6H2. The largest absolute Gasteiger partial charge is 0.126 e. The van der Waals surface area contributed by atoms with Crippen molar-refractivity contribution in [2.75, 3.05) is 5.88 Å². The second-order valence-corrected chi connectivity index (χ2v) is 2.66. The van der Waals surface area contributed by atoms with Crippen molar-refractivity contribution in [3.8, 4) is 0 Å². The molecule has 1 radical (unpaired) electrons. The Bertz CT molecular complexity index is 191. The normalized spacial score (nSPS) is 9.80. The van der Waals surface area contributed by atoms with Gasteiger partial charge >= 0.3 is 0 Å². The molecule has 0 atom stereocenters. The van der Waals surface area contributed by atoms with Crippen LogP contribution in [-0.2, 0) is 0 Å². The number of hydrogen-bond donors (Lipinski definition) is 0. The summed E-state index contributed by atoms with van der Waals surface area (Å²) in [4.78, 5) is 0. The maximum Gasteiger partial charge on any atom is 0.0406 e. The average molecular weight is 174 g/mol. The van der Waals surface area contributed by atoms with E-state index in [1.807, 2.05) is 30.7 Å². The first-order valence-corrected chi connectivity index (χ1v) is 3.89. The van der Waals surface area contributed by atoms with Gasteiger partial charge in [0.25, 0.3) is 0 Å². The number of rotatable bonds is 2. The SMILES string of the molecule is ClC[CH]c1ccc(Cl)cc1. The highest BCUT2D eigenvalue weighted by atomic mass is 35.5. The van der Waals surface area contributed by atoms with E-state index in [-0.39, 0.29) is 0 Å². The second-order valence-electron chi connectivity index (χ2n) is 1.91. The predicted octanol–water partition coefficient (Wildman–Crippen LogP) is 3.13. The molecular formula is C8H7Cl2. The van der Waals surface area contributed by atoms with Crippen LogP contribution in [-0.4, -0.2) is 5.88 Å². The molecular weight excluding hydrogens is 167 g/mol. The molecule has 0 saturated carbocycles. The fourth-order valence-electron chi connectivity index (χ4n) is 0.688. The molecule has 0 N–H and O–H groups in total. The lowest BCUT2D eigenvalue weighted by Gasteiger charge is -1.94. The smallest absolute Gasteiger partial charge is 0.0406 e. The summed E-state index contributed by atoms with van der Waals surface area (Å²) in [6, 6.07) is 7.56. The van der Waals surface area contributed by atoms with Gasteiger partial charge in [0.05, 0.1) is 0 Å². The van der Waals surface area contributed by atoms with Gasteiger partial charge in [-0.3, -0.25) is 0 Å². The van der Waals surface area contributed by atoms with Crippen molar-refractivity contribution in [3.05, 3.63) is 41.3 Å². The third kappa shape index (κ3) is 2.20. The van der Waals surface area contributed by atoms with Crippen molar-refractivity contribution in [1.82, 2.24) is 0 Å². The zero-order chi connectivity index (χ0) is 7.40. The van der Waals surface area contributed by atoms with Crippen molar-refractivity contribution in [3.63, 3.8) is 0 Å². The van der Waals surface area contributed by atoms with Crippen molar-refractivity contribution >= 4 is 23.2 Å². The van der Waals surface area contributed by atoms with E-state index in [4.69, 9.17) is 23.2 Å². The van der Waals surface area contributed by atoms with E-state index in [1.165, 1.54) is 0 Å². The minimum atomic E-state index is 0.543. The Morgan fingerprint density at radius 1 is 1.20 bits per heavy atom. The molecule has 0 unspecified atom stereocenters. The van der Waals surface area contributed by atoms with Crippen molar-refractivity contribution in [1.29, 1.82) is 0 Å². The van der Waals surface area contributed by atoms with Crippen molar-refractivity contribution in [2.45, 2.75) is 0 Å². The first-order valence-electron chi connectivity index (χ1n) is 2.97. The summed E-state index contributed by atoms with van der Waals surface area (Å²) < 4.78 is 0. The fraction of sp³-hybridized carbons (Fsp3) is 0.125. The summed E-state index contributed by atoms with van der Waals surface area (Å²) >= 11 is 11.2. The van der Waals surface area contributed by atoms with Gasteiger partial charge in [-0.25, -0.2) is 0 Å². The molecule has 0 spiro atoms. The van der Waals surface area contributed by atoms with Crippen LogP contribution < -0.4 is 0 Å². The molecule has 0 saturated heterocycles.